The minimum absolute atomic E-state index is 0.346. The van der Waals surface area contributed by atoms with Crippen molar-refractivity contribution in [2.75, 3.05) is 5.32 Å². The third kappa shape index (κ3) is 2.45. The highest BCUT2D eigenvalue weighted by Crippen LogP contribution is 2.28. The van der Waals surface area contributed by atoms with Crippen LogP contribution >= 0.6 is 11.6 Å². The maximum absolute atomic E-state index is 12.2. The van der Waals surface area contributed by atoms with Gasteiger partial charge in [0.2, 0.25) is 0 Å². The summed E-state index contributed by atoms with van der Waals surface area (Å²) in [7, 11) is 0. The van der Waals surface area contributed by atoms with Crippen molar-refractivity contribution in [2.45, 2.75) is 0 Å². The Bertz CT molecular complexity index is 1090. The lowest BCUT2D eigenvalue weighted by atomic mass is 10.1. The van der Waals surface area contributed by atoms with Gasteiger partial charge in [-0.05, 0) is 30.3 Å². The Hall–Kier alpha value is -2.78. The zero-order chi connectivity index (χ0) is 15.8. The van der Waals surface area contributed by atoms with Gasteiger partial charge in [0.25, 0.3) is 0 Å². The minimum atomic E-state index is -0.346. The van der Waals surface area contributed by atoms with Crippen LogP contribution in [0.3, 0.4) is 0 Å². The Morgan fingerprint density at radius 2 is 1.61 bits per heavy atom. The van der Waals surface area contributed by atoms with Crippen molar-refractivity contribution in [1.82, 2.24) is 0 Å². The van der Waals surface area contributed by atoms with E-state index in [1.54, 1.807) is 12.1 Å². The Labute approximate surface area is 137 Å². The molecule has 1 heterocycles. The van der Waals surface area contributed by atoms with Crippen LogP contribution in [0.1, 0.15) is 0 Å². The molecule has 4 rings (SSSR count). The Balaban J connectivity index is 1.88. The van der Waals surface area contributed by atoms with Gasteiger partial charge in [-0.15, -0.1) is 0 Å². The number of hydrogen-bond donors (Lipinski definition) is 1. The molecule has 0 bridgehead atoms. The molecule has 0 radical (unpaired) electrons. The standard InChI is InChI=1S/C19H12ClNO2/c20-16-6-2-3-7-17(16)21-12-9-10-13-14-5-1-4-8-18(14)23-19(22)15(13)11-12/h1-11,21H. The van der Waals surface area contributed by atoms with Gasteiger partial charge < -0.3 is 9.73 Å². The van der Waals surface area contributed by atoms with Crippen LogP contribution in [-0.2, 0) is 0 Å². The predicted octanol–water partition coefficient (Wildman–Crippen LogP) is 5.34. The summed E-state index contributed by atoms with van der Waals surface area (Å²) in [6.45, 7) is 0. The number of fused-ring (bicyclic) bond motifs is 3. The molecule has 0 spiro atoms. The van der Waals surface area contributed by atoms with E-state index in [0.717, 1.165) is 22.1 Å². The van der Waals surface area contributed by atoms with Crippen LogP contribution in [0.5, 0.6) is 0 Å². The summed E-state index contributed by atoms with van der Waals surface area (Å²) in [5.41, 5.74) is 1.82. The number of para-hydroxylation sites is 2. The first-order valence-electron chi connectivity index (χ1n) is 7.19. The lowest BCUT2D eigenvalue weighted by Crippen LogP contribution is -2.01. The predicted molar refractivity (Wildman–Crippen MR) is 94.7 cm³/mol. The number of benzene rings is 3. The van der Waals surface area contributed by atoms with Gasteiger partial charge in [-0.1, -0.05) is 48.0 Å². The summed E-state index contributed by atoms with van der Waals surface area (Å²) >= 11 is 6.16. The summed E-state index contributed by atoms with van der Waals surface area (Å²) in [5, 5.41) is 6.19. The van der Waals surface area contributed by atoms with Crippen molar-refractivity contribution in [3.05, 3.63) is 82.2 Å². The molecule has 0 saturated carbocycles. The third-order valence-electron chi connectivity index (χ3n) is 3.77. The fourth-order valence-electron chi connectivity index (χ4n) is 2.68. The monoisotopic (exact) mass is 321 g/mol. The molecule has 0 saturated heterocycles. The highest BCUT2D eigenvalue weighted by atomic mass is 35.5. The number of anilines is 2. The van der Waals surface area contributed by atoms with Gasteiger partial charge in [0.15, 0.2) is 0 Å². The van der Waals surface area contributed by atoms with Crippen LogP contribution in [0.2, 0.25) is 5.02 Å². The first-order chi connectivity index (χ1) is 11.2. The Morgan fingerprint density at radius 3 is 2.48 bits per heavy atom. The fraction of sp³-hybridized carbons (Fsp3) is 0. The van der Waals surface area contributed by atoms with E-state index < -0.39 is 0 Å². The summed E-state index contributed by atoms with van der Waals surface area (Å²) in [6.07, 6.45) is 0. The molecule has 0 fully saturated rings. The summed E-state index contributed by atoms with van der Waals surface area (Å²) in [4.78, 5) is 12.2. The topological polar surface area (TPSA) is 42.2 Å². The molecule has 23 heavy (non-hydrogen) atoms. The number of rotatable bonds is 2. The van der Waals surface area contributed by atoms with Gasteiger partial charge in [0, 0.05) is 16.5 Å². The van der Waals surface area contributed by atoms with Crippen LogP contribution in [0, 0.1) is 0 Å². The lowest BCUT2D eigenvalue weighted by molar-refractivity contribution is 0.569. The SMILES string of the molecule is O=c1oc2ccccc2c2ccc(Nc3ccccc3Cl)cc12. The summed E-state index contributed by atoms with van der Waals surface area (Å²) in [5.74, 6) is 0. The fourth-order valence-corrected chi connectivity index (χ4v) is 2.86. The third-order valence-corrected chi connectivity index (χ3v) is 4.10. The van der Waals surface area contributed by atoms with E-state index in [-0.39, 0.29) is 5.63 Å². The van der Waals surface area contributed by atoms with Gasteiger partial charge in [-0.3, -0.25) is 0 Å². The molecule has 3 aromatic carbocycles. The van der Waals surface area contributed by atoms with Gasteiger partial charge >= 0.3 is 5.63 Å². The smallest absolute Gasteiger partial charge is 0.344 e. The Kier molecular flexibility index (Phi) is 3.28. The molecule has 4 aromatic rings. The molecule has 0 amide bonds. The summed E-state index contributed by atoms with van der Waals surface area (Å²) < 4.78 is 5.39. The molecular formula is C19H12ClNO2. The van der Waals surface area contributed by atoms with Gasteiger partial charge in [0.1, 0.15) is 5.58 Å². The van der Waals surface area contributed by atoms with Crippen molar-refractivity contribution >= 4 is 44.7 Å². The van der Waals surface area contributed by atoms with Crippen molar-refractivity contribution in [3.8, 4) is 0 Å². The van der Waals surface area contributed by atoms with Crippen molar-refractivity contribution in [1.29, 1.82) is 0 Å². The van der Waals surface area contributed by atoms with Crippen LogP contribution in [0.25, 0.3) is 21.7 Å². The van der Waals surface area contributed by atoms with E-state index >= 15 is 0 Å². The minimum Gasteiger partial charge on any atom is -0.422 e. The normalized spacial score (nSPS) is 11.0. The van der Waals surface area contributed by atoms with E-state index in [1.165, 1.54) is 0 Å². The number of halogens is 1. The van der Waals surface area contributed by atoms with Crippen molar-refractivity contribution in [2.24, 2.45) is 0 Å². The second-order valence-corrected chi connectivity index (χ2v) is 5.66. The first-order valence-corrected chi connectivity index (χ1v) is 7.57. The molecule has 0 unspecified atom stereocenters. The largest absolute Gasteiger partial charge is 0.422 e. The molecule has 1 N–H and O–H groups in total. The van der Waals surface area contributed by atoms with Crippen LogP contribution in [-0.4, -0.2) is 0 Å². The second-order valence-electron chi connectivity index (χ2n) is 5.25. The molecule has 0 aliphatic heterocycles. The van der Waals surface area contributed by atoms with Crippen LogP contribution < -0.4 is 10.9 Å². The van der Waals surface area contributed by atoms with E-state index in [2.05, 4.69) is 5.32 Å². The lowest BCUT2D eigenvalue weighted by Gasteiger charge is -2.09. The highest BCUT2D eigenvalue weighted by molar-refractivity contribution is 6.33. The van der Waals surface area contributed by atoms with Gasteiger partial charge in [-0.25, -0.2) is 4.79 Å². The molecule has 3 nitrogen and oxygen atoms in total. The van der Waals surface area contributed by atoms with E-state index in [1.807, 2.05) is 54.6 Å². The highest BCUT2D eigenvalue weighted by Gasteiger charge is 2.08. The first kappa shape index (κ1) is 13.9. The maximum Gasteiger partial charge on any atom is 0.344 e. The quantitative estimate of drug-likeness (QED) is 0.400. The molecule has 0 aliphatic carbocycles. The molecule has 0 atom stereocenters. The Morgan fingerprint density at radius 1 is 0.826 bits per heavy atom. The van der Waals surface area contributed by atoms with E-state index in [4.69, 9.17) is 16.0 Å². The number of hydrogen-bond acceptors (Lipinski definition) is 3. The maximum atomic E-state index is 12.2. The average molecular weight is 322 g/mol. The van der Waals surface area contributed by atoms with Gasteiger partial charge in [-0.2, -0.15) is 0 Å². The zero-order valence-corrected chi connectivity index (χ0v) is 12.8. The van der Waals surface area contributed by atoms with Crippen molar-refractivity contribution in [3.63, 3.8) is 0 Å². The van der Waals surface area contributed by atoms with E-state index in [0.29, 0.717) is 16.0 Å². The second kappa shape index (κ2) is 5.45. The molecule has 1 aromatic heterocycles. The van der Waals surface area contributed by atoms with Crippen molar-refractivity contribution < 1.29 is 4.42 Å². The van der Waals surface area contributed by atoms with Gasteiger partial charge in [0.05, 0.1) is 16.1 Å². The zero-order valence-electron chi connectivity index (χ0n) is 12.0. The molecule has 4 heteroatoms. The summed E-state index contributed by atoms with van der Waals surface area (Å²) in [6, 6.07) is 20.6. The van der Waals surface area contributed by atoms with Crippen LogP contribution in [0.15, 0.2) is 75.9 Å². The molecule has 112 valence electrons. The van der Waals surface area contributed by atoms with Crippen LogP contribution in [0.4, 0.5) is 11.4 Å². The van der Waals surface area contributed by atoms with E-state index in [9.17, 15) is 4.79 Å². The number of nitrogens with one attached hydrogen (secondary N) is 1. The average Bonchev–Trinajstić information content (AvgIpc) is 2.57. The molecular weight excluding hydrogens is 310 g/mol. The molecule has 0 aliphatic rings.